The van der Waals surface area contributed by atoms with Gasteiger partial charge >= 0.3 is 0 Å². The molecule has 3 aromatic rings. The first-order chi connectivity index (χ1) is 18.4. The second-order valence-electron chi connectivity index (χ2n) is 9.20. The van der Waals surface area contributed by atoms with Gasteiger partial charge in [-0.2, -0.15) is 0 Å². The Bertz CT molecular complexity index is 1390. The predicted molar refractivity (Wildman–Crippen MR) is 146 cm³/mol. The summed E-state index contributed by atoms with van der Waals surface area (Å²) in [5.74, 6) is -1.40. The van der Waals surface area contributed by atoms with Crippen molar-refractivity contribution in [3.8, 4) is 11.5 Å². The Kier molecular flexibility index (Phi) is 7.24. The van der Waals surface area contributed by atoms with Crippen LogP contribution in [0.3, 0.4) is 0 Å². The zero-order valence-electron chi connectivity index (χ0n) is 21.2. The van der Waals surface area contributed by atoms with Crippen LogP contribution in [0.1, 0.15) is 36.4 Å². The second-order valence-corrected chi connectivity index (χ2v) is 9.61. The Morgan fingerprint density at radius 3 is 2.18 bits per heavy atom. The fourth-order valence-electron chi connectivity index (χ4n) is 5.13. The second kappa shape index (κ2) is 10.8. The maximum Gasteiger partial charge on any atom is 0.300 e. The molecule has 2 fully saturated rings. The first kappa shape index (κ1) is 25.6. The van der Waals surface area contributed by atoms with Crippen LogP contribution in [-0.2, 0) is 9.59 Å². The maximum atomic E-state index is 13.5. The molecule has 3 heterocycles. The third kappa shape index (κ3) is 4.56. The summed E-state index contributed by atoms with van der Waals surface area (Å²) in [4.78, 5) is 34.8. The van der Waals surface area contributed by atoms with E-state index in [1.54, 1.807) is 24.5 Å². The van der Waals surface area contributed by atoms with E-state index in [9.17, 15) is 14.7 Å². The van der Waals surface area contributed by atoms with Gasteiger partial charge in [-0.05, 0) is 67.3 Å². The molecule has 1 unspecified atom stereocenters. The number of ether oxygens (including phenoxy) is 2. The van der Waals surface area contributed by atoms with Crippen molar-refractivity contribution >= 4 is 40.4 Å². The quantitative estimate of drug-likeness (QED) is 0.259. The van der Waals surface area contributed by atoms with Crippen molar-refractivity contribution < 1.29 is 24.2 Å². The van der Waals surface area contributed by atoms with Gasteiger partial charge in [0.2, 0.25) is 0 Å². The zero-order chi connectivity index (χ0) is 26.8. The normalized spacial score (nSPS) is 19.1. The van der Waals surface area contributed by atoms with Crippen LogP contribution in [0.25, 0.3) is 5.76 Å². The number of hydrogen-bond donors (Lipinski definition) is 1. The average molecular weight is 534 g/mol. The van der Waals surface area contributed by atoms with Crippen molar-refractivity contribution in [1.29, 1.82) is 0 Å². The number of aliphatic hydroxyl groups is 1. The lowest BCUT2D eigenvalue weighted by Crippen LogP contribution is -2.30. The lowest BCUT2D eigenvalue weighted by atomic mass is 9.95. The highest BCUT2D eigenvalue weighted by atomic mass is 35.5. The minimum atomic E-state index is -0.884. The first-order valence-electron chi connectivity index (χ1n) is 12.4. The largest absolute Gasteiger partial charge is 0.507 e. The molecule has 8 nitrogen and oxygen atoms in total. The molecule has 38 heavy (non-hydrogen) atoms. The molecule has 2 aromatic carbocycles. The third-order valence-electron chi connectivity index (χ3n) is 7.04. The van der Waals surface area contributed by atoms with E-state index in [0.29, 0.717) is 11.3 Å². The fraction of sp³-hybridized carbons (Fsp3) is 0.276. The van der Waals surface area contributed by atoms with Gasteiger partial charge in [0.05, 0.1) is 36.4 Å². The number of ketones is 1. The van der Waals surface area contributed by atoms with Crippen molar-refractivity contribution in [1.82, 2.24) is 4.98 Å². The summed E-state index contributed by atoms with van der Waals surface area (Å²) in [5, 5.41) is 11.8. The fourth-order valence-corrected chi connectivity index (χ4v) is 5.36. The molecule has 0 bridgehead atoms. The Balaban J connectivity index is 1.64. The van der Waals surface area contributed by atoms with Crippen molar-refractivity contribution in [2.45, 2.75) is 25.3 Å². The summed E-state index contributed by atoms with van der Waals surface area (Å²) >= 11 is 6.25. The van der Waals surface area contributed by atoms with Gasteiger partial charge in [0.25, 0.3) is 11.7 Å². The van der Waals surface area contributed by atoms with Gasteiger partial charge in [-0.25, -0.2) is 0 Å². The van der Waals surface area contributed by atoms with E-state index in [4.69, 9.17) is 21.1 Å². The Morgan fingerprint density at radius 2 is 1.55 bits per heavy atom. The number of amides is 1. The Hall–Kier alpha value is -4.04. The summed E-state index contributed by atoms with van der Waals surface area (Å²) in [6.45, 7) is 1.99. The molecule has 9 heteroatoms. The van der Waals surface area contributed by atoms with Gasteiger partial charge in [-0.1, -0.05) is 11.6 Å². The minimum absolute atomic E-state index is 0.0658. The lowest BCUT2D eigenvalue weighted by molar-refractivity contribution is -0.132. The molecular formula is C29H28ClN3O5. The number of carbonyl (C=O) groups is 2. The van der Waals surface area contributed by atoms with E-state index in [-0.39, 0.29) is 33.4 Å². The van der Waals surface area contributed by atoms with Crippen molar-refractivity contribution in [3.63, 3.8) is 0 Å². The van der Waals surface area contributed by atoms with E-state index in [1.165, 1.54) is 37.7 Å². The van der Waals surface area contributed by atoms with Crippen LogP contribution in [0.4, 0.5) is 11.4 Å². The molecule has 1 amide bonds. The molecule has 0 radical (unpaired) electrons. The smallest absolute Gasteiger partial charge is 0.300 e. The number of aromatic nitrogens is 1. The molecule has 2 aliphatic rings. The number of hydrogen-bond acceptors (Lipinski definition) is 7. The molecule has 5 rings (SSSR count). The highest BCUT2D eigenvalue weighted by Crippen LogP contribution is 2.45. The molecule has 0 aliphatic carbocycles. The molecule has 196 valence electrons. The van der Waals surface area contributed by atoms with Crippen molar-refractivity contribution in [3.05, 3.63) is 82.6 Å². The summed E-state index contributed by atoms with van der Waals surface area (Å²) in [7, 11) is 2.87. The third-order valence-corrected chi connectivity index (χ3v) is 7.34. The van der Waals surface area contributed by atoms with Crippen LogP contribution < -0.4 is 19.3 Å². The first-order valence-corrected chi connectivity index (χ1v) is 12.8. The van der Waals surface area contributed by atoms with Crippen molar-refractivity contribution in [2.75, 3.05) is 37.1 Å². The summed E-state index contributed by atoms with van der Waals surface area (Å²) in [6, 6.07) is 13.2. The number of methoxy groups -OCH3 is 2. The number of anilines is 2. The van der Waals surface area contributed by atoms with Gasteiger partial charge < -0.3 is 19.5 Å². The Morgan fingerprint density at radius 1 is 0.921 bits per heavy atom. The maximum absolute atomic E-state index is 13.5. The highest BCUT2D eigenvalue weighted by Gasteiger charge is 2.47. The topological polar surface area (TPSA) is 92.2 Å². The van der Waals surface area contributed by atoms with E-state index in [0.717, 1.165) is 31.6 Å². The zero-order valence-corrected chi connectivity index (χ0v) is 21.9. The van der Waals surface area contributed by atoms with Crippen LogP contribution in [0.5, 0.6) is 11.5 Å². The highest BCUT2D eigenvalue weighted by molar-refractivity contribution is 6.51. The average Bonchev–Trinajstić information content (AvgIpc) is 3.23. The number of aliphatic hydroxyl groups excluding tert-OH is 1. The summed E-state index contributed by atoms with van der Waals surface area (Å²) < 4.78 is 10.7. The van der Waals surface area contributed by atoms with E-state index >= 15 is 0 Å². The number of halogens is 1. The number of piperidine rings is 1. The van der Waals surface area contributed by atoms with Crippen molar-refractivity contribution in [2.24, 2.45) is 0 Å². The predicted octanol–water partition coefficient (Wildman–Crippen LogP) is 5.37. The number of Topliss-reactive ketones (excluding diaryl/α,β-unsaturated/α-hetero) is 1. The number of benzene rings is 2. The van der Waals surface area contributed by atoms with E-state index in [1.807, 2.05) is 24.3 Å². The number of rotatable bonds is 6. The molecule has 2 aliphatic heterocycles. The SMILES string of the molecule is COc1cc(/C(O)=C2\C(=O)C(=O)N(c3ccc(N4CCCCC4)cc3)C2c2ccncc2)c(OC)cc1Cl. The van der Waals surface area contributed by atoms with Gasteiger partial charge in [-0.15, -0.1) is 0 Å². The number of nitrogens with zero attached hydrogens (tertiary/aromatic N) is 3. The van der Waals surface area contributed by atoms with Crippen LogP contribution in [-0.4, -0.2) is 49.1 Å². The van der Waals surface area contributed by atoms with Gasteiger partial charge in [0.1, 0.15) is 17.3 Å². The summed E-state index contributed by atoms with van der Waals surface area (Å²) in [5.41, 5.74) is 2.37. The molecule has 1 aromatic heterocycles. The summed E-state index contributed by atoms with van der Waals surface area (Å²) in [6.07, 6.45) is 6.70. The molecule has 0 spiro atoms. The molecule has 1 N–H and O–H groups in total. The van der Waals surface area contributed by atoms with Crippen LogP contribution in [0.2, 0.25) is 5.02 Å². The molecular weight excluding hydrogens is 506 g/mol. The van der Waals surface area contributed by atoms with Gasteiger partial charge in [-0.3, -0.25) is 19.5 Å². The number of pyridine rings is 1. The molecule has 1 atom stereocenters. The van der Waals surface area contributed by atoms with Crippen LogP contribution in [0, 0.1) is 0 Å². The van der Waals surface area contributed by atoms with Crippen LogP contribution in [0.15, 0.2) is 66.5 Å². The van der Waals surface area contributed by atoms with E-state index in [2.05, 4.69) is 9.88 Å². The Labute approximate surface area is 226 Å². The minimum Gasteiger partial charge on any atom is -0.507 e. The number of carbonyl (C=O) groups excluding carboxylic acids is 2. The van der Waals surface area contributed by atoms with Gasteiger partial charge in [0, 0.05) is 42.9 Å². The monoisotopic (exact) mass is 533 g/mol. The standard InChI is InChI=1S/C29H28ClN3O5/c1-37-23-17-22(30)24(38-2)16-21(23)27(34)25-26(18-10-12-31-13-11-18)33(29(36)28(25)35)20-8-6-19(7-9-20)32-14-4-3-5-15-32/h6-13,16-17,26,34H,3-5,14-15H2,1-2H3/b27-25+. The molecule has 2 saturated heterocycles. The van der Waals surface area contributed by atoms with E-state index < -0.39 is 17.7 Å². The lowest BCUT2D eigenvalue weighted by Gasteiger charge is -2.30. The van der Waals surface area contributed by atoms with Gasteiger partial charge in [0.15, 0.2) is 0 Å². The van der Waals surface area contributed by atoms with Crippen LogP contribution >= 0.6 is 11.6 Å². The molecule has 0 saturated carbocycles.